The fraction of sp³-hybridized carbons (Fsp3) is 0.467. The summed E-state index contributed by atoms with van der Waals surface area (Å²) >= 11 is 0. The number of hydrogen-bond donors (Lipinski definition) is 1. The monoisotopic (exact) mass is 293 g/mol. The molecule has 6 heteroatoms. The van der Waals surface area contributed by atoms with Crippen molar-refractivity contribution in [3.05, 3.63) is 35.1 Å². The molecule has 5 nitrogen and oxygen atoms in total. The van der Waals surface area contributed by atoms with E-state index in [2.05, 4.69) is 0 Å². The lowest BCUT2D eigenvalue weighted by molar-refractivity contribution is -0.133. The molecule has 0 radical (unpaired) electrons. The highest BCUT2D eigenvalue weighted by Crippen LogP contribution is 2.13. The Hall–Kier alpha value is -1.97. The number of benzene rings is 1. The molecule has 21 heavy (non-hydrogen) atoms. The summed E-state index contributed by atoms with van der Waals surface area (Å²) in [6, 6.07) is 5.42. The second-order valence-electron chi connectivity index (χ2n) is 4.66. The minimum absolute atomic E-state index is 0.132. The highest BCUT2D eigenvalue weighted by molar-refractivity contribution is 5.81. The van der Waals surface area contributed by atoms with Gasteiger partial charge in [-0.05, 0) is 25.5 Å². The average molecular weight is 293 g/mol. The predicted molar refractivity (Wildman–Crippen MR) is 76.7 cm³/mol. The van der Waals surface area contributed by atoms with Gasteiger partial charge in [-0.2, -0.15) is 5.26 Å². The highest BCUT2D eigenvalue weighted by Gasteiger charge is 2.20. The quantitative estimate of drug-likeness (QED) is 0.824. The number of nitrogens with two attached hydrogens (primary N) is 1. The summed E-state index contributed by atoms with van der Waals surface area (Å²) in [6.07, 6.45) is 0.418. The van der Waals surface area contributed by atoms with E-state index in [1.807, 2.05) is 13.0 Å². The fourth-order valence-corrected chi connectivity index (χ4v) is 1.90. The Morgan fingerprint density at radius 3 is 2.81 bits per heavy atom. The normalized spacial score (nSPS) is 11.8. The van der Waals surface area contributed by atoms with Crippen LogP contribution in [0.15, 0.2) is 18.2 Å². The molecule has 1 amide bonds. The van der Waals surface area contributed by atoms with Crippen LogP contribution in [0.5, 0.6) is 0 Å². The molecule has 0 fully saturated rings. The van der Waals surface area contributed by atoms with Crippen molar-refractivity contribution in [1.82, 2.24) is 4.90 Å². The zero-order valence-corrected chi connectivity index (χ0v) is 12.3. The number of nitrogens with zero attached hydrogens (tertiary/aromatic N) is 2. The number of likely N-dealkylation sites (N-methyl/N-ethyl adjacent to an activating group) is 1. The van der Waals surface area contributed by atoms with Crippen LogP contribution in [-0.2, 0) is 16.1 Å². The first-order valence-corrected chi connectivity index (χ1v) is 6.75. The molecule has 1 aromatic rings. The van der Waals surface area contributed by atoms with Gasteiger partial charge in [0.1, 0.15) is 5.82 Å². The molecule has 0 aliphatic rings. The topological polar surface area (TPSA) is 79.4 Å². The van der Waals surface area contributed by atoms with Crippen molar-refractivity contribution in [3.8, 4) is 6.07 Å². The molecule has 0 bridgehead atoms. The van der Waals surface area contributed by atoms with Crippen LogP contribution in [0.3, 0.4) is 0 Å². The maximum Gasteiger partial charge on any atom is 0.239 e. The summed E-state index contributed by atoms with van der Waals surface area (Å²) in [7, 11) is 1.54. The van der Waals surface area contributed by atoms with Crippen LogP contribution in [0, 0.1) is 17.1 Å². The molecule has 0 aliphatic carbocycles. The second kappa shape index (κ2) is 8.35. The van der Waals surface area contributed by atoms with E-state index in [4.69, 9.17) is 15.7 Å². The van der Waals surface area contributed by atoms with Gasteiger partial charge in [0.15, 0.2) is 0 Å². The molecular formula is C15H20FN3O2. The number of halogens is 1. The van der Waals surface area contributed by atoms with Crippen LogP contribution < -0.4 is 5.73 Å². The van der Waals surface area contributed by atoms with Crippen molar-refractivity contribution in [1.29, 1.82) is 5.26 Å². The fourth-order valence-electron chi connectivity index (χ4n) is 1.90. The van der Waals surface area contributed by atoms with Crippen molar-refractivity contribution in [2.75, 3.05) is 20.3 Å². The largest absolute Gasteiger partial charge is 0.385 e. The Labute approximate surface area is 124 Å². The van der Waals surface area contributed by atoms with Crippen LogP contribution in [0.1, 0.15) is 24.5 Å². The molecule has 114 valence electrons. The van der Waals surface area contributed by atoms with E-state index in [0.29, 0.717) is 25.1 Å². The zero-order chi connectivity index (χ0) is 15.8. The first kappa shape index (κ1) is 17.1. The molecular weight excluding hydrogens is 273 g/mol. The van der Waals surface area contributed by atoms with E-state index in [9.17, 15) is 9.18 Å². The Morgan fingerprint density at radius 1 is 1.57 bits per heavy atom. The number of ether oxygens (including phenoxy) is 1. The van der Waals surface area contributed by atoms with E-state index in [1.165, 1.54) is 23.1 Å². The smallest absolute Gasteiger partial charge is 0.239 e. The number of methoxy groups -OCH3 is 1. The van der Waals surface area contributed by atoms with Crippen molar-refractivity contribution >= 4 is 5.91 Å². The van der Waals surface area contributed by atoms with Gasteiger partial charge in [-0.25, -0.2) is 4.39 Å². The van der Waals surface area contributed by atoms with E-state index >= 15 is 0 Å². The molecule has 0 aliphatic heterocycles. The first-order chi connectivity index (χ1) is 10.0. The number of carbonyl (C=O) groups is 1. The Kier molecular flexibility index (Phi) is 6.79. The SMILES string of the molecule is CCN(Cc1ccc(C#N)cc1F)C(=O)C(N)CCOC. The van der Waals surface area contributed by atoms with Gasteiger partial charge in [-0.1, -0.05) is 6.07 Å². The number of hydrogen-bond acceptors (Lipinski definition) is 4. The summed E-state index contributed by atoms with van der Waals surface area (Å²) in [6.45, 7) is 2.77. The highest BCUT2D eigenvalue weighted by atomic mass is 19.1. The molecule has 1 atom stereocenters. The molecule has 0 heterocycles. The van der Waals surface area contributed by atoms with Gasteiger partial charge in [0.05, 0.1) is 17.7 Å². The zero-order valence-electron chi connectivity index (χ0n) is 12.3. The molecule has 0 spiro atoms. The number of carbonyl (C=O) groups excluding carboxylic acids is 1. The van der Waals surface area contributed by atoms with Crippen LogP contribution in [0.4, 0.5) is 4.39 Å². The molecule has 0 aromatic heterocycles. The first-order valence-electron chi connectivity index (χ1n) is 6.75. The number of nitriles is 1. The third kappa shape index (κ3) is 4.81. The van der Waals surface area contributed by atoms with Gasteiger partial charge in [-0.15, -0.1) is 0 Å². The van der Waals surface area contributed by atoms with E-state index in [1.54, 1.807) is 7.11 Å². The standard InChI is InChI=1S/C15H20FN3O2/c1-3-19(15(20)14(18)6-7-21-2)10-12-5-4-11(9-17)8-13(12)16/h4-5,8,14H,3,6-7,10,18H2,1-2H3. The lowest BCUT2D eigenvalue weighted by Gasteiger charge is -2.24. The predicted octanol–water partition coefficient (Wildman–Crippen LogP) is 1.41. The van der Waals surface area contributed by atoms with E-state index in [-0.39, 0.29) is 18.0 Å². The minimum Gasteiger partial charge on any atom is -0.385 e. The third-order valence-electron chi connectivity index (χ3n) is 3.19. The van der Waals surface area contributed by atoms with Crippen LogP contribution in [-0.4, -0.2) is 37.1 Å². The summed E-state index contributed by atoms with van der Waals surface area (Å²) < 4.78 is 18.8. The lowest BCUT2D eigenvalue weighted by Crippen LogP contribution is -2.44. The van der Waals surface area contributed by atoms with Gasteiger partial charge in [0.25, 0.3) is 0 Å². The Morgan fingerprint density at radius 2 is 2.29 bits per heavy atom. The maximum atomic E-state index is 13.9. The van der Waals surface area contributed by atoms with Crippen molar-refractivity contribution < 1.29 is 13.9 Å². The van der Waals surface area contributed by atoms with Crippen molar-refractivity contribution in [2.24, 2.45) is 5.73 Å². The maximum absolute atomic E-state index is 13.9. The van der Waals surface area contributed by atoms with Gasteiger partial charge in [0.2, 0.25) is 5.91 Å². The molecule has 1 unspecified atom stereocenters. The summed E-state index contributed by atoms with van der Waals surface area (Å²) in [4.78, 5) is 13.7. The molecule has 2 N–H and O–H groups in total. The van der Waals surface area contributed by atoms with Crippen LogP contribution in [0.2, 0.25) is 0 Å². The average Bonchev–Trinajstić information content (AvgIpc) is 2.50. The molecule has 0 saturated carbocycles. The Balaban J connectivity index is 2.78. The second-order valence-corrected chi connectivity index (χ2v) is 4.66. The van der Waals surface area contributed by atoms with Gasteiger partial charge in [-0.3, -0.25) is 4.79 Å². The van der Waals surface area contributed by atoms with Gasteiger partial charge in [0, 0.05) is 32.4 Å². The number of rotatable bonds is 7. The van der Waals surface area contributed by atoms with Crippen molar-refractivity contribution in [3.63, 3.8) is 0 Å². The minimum atomic E-state index is -0.661. The Bertz CT molecular complexity index is 528. The summed E-state index contributed by atoms with van der Waals surface area (Å²) in [5.74, 6) is -0.732. The number of amides is 1. The van der Waals surface area contributed by atoms with Crippen LogP contribution >= 0.6 is 0 Å². The van der Waals surface area contributed by atoms with Gasteiger partial charge >= 0.3 is 0 Å². The molecule has 1 rings (SSSR count). The van der Waals surface area contributed by atoms with E-state index < -0.39 is 11.9 Å². The van der Waals surface area contributed by atoms with Crippen LogP contribution in [0.25, 0.3) is 0 Å². The lowest BCUT2D eigenvalue weighted by atomic mass is 10.1. The third-order valence-corrected chi connectivity index (χ3v) is 3.19. The van der Waals surface area contributed by atoms with Gasteiger partial charge < -0.3 is 15.4 Å². The summed E-state index contributed by atoms with van der Waals surface area (Å²) in [5, 5.41) is 8.71. The molecule has 1 aromatic carbocycles. The van der Waals surface area contributed by atoms with Crippen molar-refractivity contribution in [2.45, 2.75) is 25.9 Å². The van der Waals surface area contributed by atoms with E-state index in [0.717, 1.165) is 0 Å². The summed E-state index contributed by atoms with van der Waals surface area (Å²) in [5.41, 5.74) is 6.43. The molecule has 0 saturated heterocycles.